The van der Waals surface area contributed by atoms with E-state index in [-0.39, 0.29) is 0 Å². The van der Waals surface area contributed by atoms with Crippen LogP contribution in [0.5, 0.6) is 0 Å². The molecule has 0 radical (unpaired) electrons. The summed E-state index contributed by atoms with van der Waals surface area (Å²) >= 11 is 0. The lowest BCUT2D eigenvalue weighted by atomic mass is 9.95. The normalized spacial score (nSPS) is 13.7. The first-order valence-corrected chi connectivity index (χ1v) is 9.68. The summed E-state index contributed by atoms with van der Waals surface area (Å²) in [4.78, 5) is 26.0. The number of carbonyl (C=O) groups excluding carboxylic acids is 2. The van der Waals surface area contributed by atoms with Gasteiger partial charge in [0.1, 0.15) is 5.76 Å². The molecule has 0 unspecified atom stereocenters. The Balaban J connectivity index is 1.49. The van der Waals surface area contributed by atoms with Crippen LogP contribution in [0.3, 0.4) is 0 Å². The van der Waals surface area contributed by atoms with Crippen molar-refractivity contribution in [1.82, 2.24) is 9.58 Å². The molecule has 0 fully saturated rings. The lowest BCUT2D eigenvalue weighted by molar-refractivity contribution is 0.0616. The third kappa shape index (κ3) is 2.76. The number of furan rings is 1. The molecule has 30 heavy (non-hydrogen) atoms. The minimum Gasteiger partial charge on any atom is -0.467 e. The van der Waals surface area contributed by atoms with Crippen molar-refractivity contribution in [1.29, 1.82) is 0 Å². The molecule has 2 aromatic carbocycles. The predicted octanol–water partition coefficient (Wildman–Crippen LogP) is 4.53. The summed E-state index contributed by atoms with van der Waals surface area (Å²) in [6.45, 7) is 4.59. The number of aromatic nitrogens is 1. The molecule has 4 aromatic rings. The van der Waals surface area contributed by atoms with E-state index in [0.717, 1.165) is 33.1 Å². The Morgan fingerprint density at radius 3 is 2.30 bits per heavy atom. The van der Waals surface area contributed by atoms with Gasteiger partial charge < -0.3 is 8.98 Å². The second-order valence-electron chi connectivity index (χ2n) is 7.37. The van der Waals surface area contributed by atoms with Crippen LogP contribution in [-0.2, 0) is 6.54 Å². The first-order chi connectivity index (χ1) is 14.5. The fraction of sp³-hybridized carbons (Fsp3) is 0.125. The first kappa shape index (κ1) is 18.1. The van der Waals surface area contributed by atoms with E-state index in [2.05, 4.69) is 9.67 Å². The maximum absolute atomic E-state index is 13.0. The molecule has 0 saturated heterocycles. The van der Waals surface area contributed by atoms with Crippen LogP contribution in [-0.4, -0.2) is 27.6 Å². The van der Waals surface area contributed by atoms with Gasteiger partial charge in [-0.15, -0.1) is 0 Å². The van der Waals surface area contributed by atoms with Crippen molar-refractivity contribution in [3.05, 3.63) is 94.7 Å². The van der Waals surface area contributed by atoms with E-state index in [4.69, 9.17) is 4.42 Å². The van der Waals surface area contributed by atoms with Gasteiger partial charge in [-0.2, -0.15) is 10.1 Å². The van der Waals surface area contributed by atoms with Crippen molar-refractivity contribution in [2.45, 2.75) is 20.4 Å². The number of hydrogen-bond acceptors (Lipinski definition) is 4. The molecule has 0 saturated carbocycles. The van der Waals surface area contributed by atoms with E-state index in [1.54, 1.807) is 24.6 Å². The third-order valence-electron chi connectivity index (χ3n) is 5.57. The van der Waals surface area contributed by atoms with Gasteiger partial charge >= 0.3 is 0 Å². The fourth-order valence-electron chi connectivity index (χ4n) is 4.00. The lowest BCUT2D eigenvalue weighted by Gasteiger charge is -2.22. The Bertz CT molecular complexity index is 1280. The molecule has 0 aliphatic carbocycles. The summed E-state index contributed by atoms with van der Waals surface area (Å²) in [5, 5.41) is 6.80. The van der Waals surface area contributed by atoms with Gasteiger partial charge in [-0.05, 0) is 49.6 Å². The molecule has 3 heterocycles. The predicted molar refractivity (Wildman–Crippen MR) is 114 cm³/mol. The molecule has 2 aromatic heterocycles. The summed E-state index contributed by atoms with van der Waals surface area (Å²) in [6, 6.07) is 16.7. The van der Waals surface area contributed by atoms with E-state index in [1.807, 2.05) is 56.3 Å². The largest absolute Gasteiger partial charge is 0.467 e. The average molecular weight is 397 g/mol. The molecule has 0 spiro atoms. The van der Waals surface area contributed by atoms with Crippen molar-refractivity contribution in [2.75, 3.05) is 0 Å². The summed E-state index contributed by atoms with van der Waals surface area (Å²) in [5.41, 5.74) is 3.84. The van der Waals surface area contributed by atoms with Crippen molar-refractivity contribution in [3.63, 3.8) is 0 Å². The Morgan fingerprint density at radius 2 is 1.67 bits per heavy atom. The van der Waals surface area contributed by atoms with Crippen molar-refractivity contribution < 1.29 is 14.0 Å². The molecule has 0 atom stereocenters. The molecule has 6 heteroatoms. The topological polar surface area (TPSA) is 67.8 Å². The monoisotopic (exact) mass is 397 g/mol. The van der Waals surface area contributed by atoms with E-state index >= 15 is 0 Å². The van der Waals surface area contributed by atoms with Crippen LogP contribution in [0.4, 0.5) is 0 Å². The average Bonchev–Trinajstić information content (AvgIpc) is 3.36. The highest BCUT2D eigenvalue weighted by molar-refractivity contribution is 6.25. The molecule has 148 valence electrons. The van der Waals surface area contributed by atoms with Gasteiger partial charge in [0, 0.05) is 22.3 Å². The SMILES string of the molecule is Cc1cc(/C=N\N2C(=O)c3cccc4cccc(c34)C2=O)c(C)n1Cc1ccco1. The van der Waals surface area contributed by atoms with Crippen molar-refractivity contribution >= 4 is 28.8 Å². The maximum Gasteiger partial charge on any atom is 0.282 e. The Kier molecular flexibility index (Phi) is 4.13. The lowest BCUT2D eigenvalue weighted by Crippen LogP contribution is -2.36. The van der Waals surface area contributed by atoms with Crippen LogP contribution in [0.2, 0.25) is 0 Å². The molecule has 5 rings (SSSR count). The number of amides is 2. The number of hydrogen-bond donors (Lipinski definition) is 0. The van der Waals surface area contributed by atoms with Crippen molar-refractivity contribution in [3.8, 4) is 0 Å². The van der Waals surface area contributed by atoms with Crippen molar-refractivity contribution in [2.24, 2.45) is 5.10 Å². The Morgan fingerprint density at radius 1 is 0.967 bits per heavy atom. The Labute approximate surface area is 173 Å². The van der Waals surface area contributed by atoms with Crippen LogP contribution >= 0.6 is 0 Å². The van der Waals surface area contributed by atoms with Gasteiger partial charge in [0.15, 0.2) is 0 Å². The van der Waals surface area contributed by atoms with Crippen LogP contribution in [0.25, 0.3) is 10.8 Å². The molecule has 1 aliphatic heterocycles. The molecule has 6 nitrogen and oxygen atoms in total. The number of rotatable bonds is 4. The van der Waals surface area contributed by atoms with Gasteiger partial charge in [-0.1, -0.05) is 24.3 Å². The summed E-state index contributed by atoms with van der Waals surface area (Å²) < 4.78 is 7.56. The Hall–Kier alpha value is -3.93. The van der Waals surface area contributed by atoms with Crippen LogP contribution in [0.1, 0.15) is 43.4 Å². The van der Waals surface area contributed by atoms with E-state index < -0.39 is 11.8 Å². The van der Waals surface area contributed by atoms with Gasteiger partial charge in [0.2, 0.25) is 0 Å². The second-order valence-corrected chi connectivity index (χ2v) is 7.37. The number of aryl methyl sites for hydroxylation is 1. The van der Waals surface area contributed by atoms with Gasteiger partial charge in [-0.25, -0.2) is 0 Å². The number of imide groups is 1. The van der Waals surface area contributed by atoms with Crippen LogP contribution < -0.4 is 0 Å². The smallest absolute Gasteiger partial charge is 0.282 e. The minimum absolute atomic E-state index is 0.412. The fourth-order valence-corrected chi connectivity index (χ4v) is 4.00. The van der Waals surface area contributed by atoms with Crippen LogP contribution in [0.15, 0.2) is 70.4 Å². The zero-order valence-corrected chi connectivity index (χ0v) is 16.6. The highest BCUT2D eigenvalue weighted by Gasteiger charge is 2.32. The van der Waals surface area contributed by atoms with E-state index in [9.17, 15) is 9.59 Å². The second kappa shape index (κ2) is 6.84. The highest BCUT2D eigenvalue weighted by atomic mass is 16.3. The summed E-state index contributed by atoms with van der Waals surface area (Å²) in [5.74, 6) is 0.0289. The van der Waals surface area contributed by atoms with E-state index in [1.165, 1.54) is 0 Å². The number of hydrazone groups is 1. The van der Waals surface area contributed by atoms with Crippen LogP contribution in [0, 0.1) is 13.8 Å². The molecule has 0 bridgehead atoms. The highest BCUT2D eigenvalue weighted by Crippen LogP contribution is 2.30. The summed E-state index contributed by atoms with van der Waals surface area (Å²) in [6.07, 6.45) is 3.22. The van der Waals surface area contributed by atoms with Gasteiger partial charge in [0.05, 0.1) is 30.1 Å². The molecule has 1 aliphatic rings. The molecule has 2 amide bonds. The zero-order valence-electron chi connectivity index (χ0n) is 16.6. The standard InChI is InChI=1S/C24H19N3O3/c1-15-12-18(16(2)26(15)14-19-8-5-11-30-19)13-25-27-23(28)20-9-3-6-17-7-4-10-21(22(17)20)24(27)29/h3-13H,14H2,1-2H3/b25-13-. The molecular weight excluding hydrogens is 378 g/mol. The quantitative estimate of drug-likeness (QED) is 0.375. The number of carbonyl (C=O) groups is 2. The molecular formula is C24H19N3O3. The third-order valence-corrected chi connectivity index (χ3v) is 5.57. The number of benzene rings is 2. The number of nitrogens with zero attached hydrogens (tertiary/aromatic N) is 3. The molecule has 0 N–H and O–H groups in total. The summed E-state index contributed by atoms with van der Waals surface area (Å²) in [7, 11) is 0. The maximum atomic E-state index is 13.0. The minimum atomic E-state index is -0.412. The zero-order chi connectivity index (χ0) is 20.8. The first-order valence-electron chi connectivity index (χ1n) is 9.68. The van der Waals surface area contributed by atoms with E-state index in [0.29, 0.717) is 23.1 Å². The van der Waals surface area contributed by atoms with Gasteiger partial charge in [0.25, 0.3) is 11.8 Å². The van der Waals surface area contributed by atoms with Gasteiger partial charge in [-0.3, -0.25) is 9.59 Å².